The number of ketones is 1. The van der Waals surface area contributed by atoms with Crippen LogP contribution in [0.5, 0.6) is 11.5 Å². The fourth-order valence-corrected chi connectivity index (χ4v) is 3.64. The summed E-state index contributed by atoms with van der Waals surface area (Å²) < 4.78 is 18.6. The van der Waals surface area contributed by atoms with Gasteiger partial charge in [-0.05, 0) is 54.1 Å². The first kappa shape index (κ1) is 20.2. The Balaban J connectivity index is 1.95. The highest BCUT2D eigenvalue weighted by atomic mass is 19.1. The molecule has 1 atom stereocenters. The molecule has 0 aliphatic carbocycles. The zero-order valence-corrected chi connectivity index (χ0v) is 16.4. The topological polar surface area (TPSA) is 87.1 Å². The van der Waals surface area contributed by atoms with Crippen LogP contribution < -0.4 is 9.64 Å². The standard InChI is InChI=1S/C24H18FNO5/c1-31-19-7-3-5-15(13-19)22(28)20-21(14-4-2-6-18(27)12-14)26(24(30)23(20)29)17-10-8-16(25)9-11-17/h2-13,21,27-28H,1H3/b22-20-. The van der Waals surface area contributed by atoms with Crippen molar-refractivity contribution in [1.82, 2.24) is 0 Å². The maximum Gasteiger partial charge on any atom is 0.300 e. The van der Waals surface area contributed by atoms with Gasteiger partial charge in [-0.1, -0.05) is 24.3 Å². The maximum atomic E-state index is 13.5. The molecule has 31 heavy (non-hydrogen) atoms. The van der Waals surface area contributed by atoms with E-state index >= 15 is 0 Å². The Morgan fingerprint density at radius 3 is 2.39 bits per heavy atom. The van der Waals surface area contributed by atoms with Gasteiger partial charge in [0.05, 0.1) is 18.7 Å². The molecule has 1 unspecified atom stereocenters. The summed E-state index contributed by atoms with van der Waals surface area (Å²) in [5, 5.41) is 21.0. The van der Waals surface area contributed by atoms with Gasteiger partial charge in [0.25, 0.3) is 11.7 Å². The predicted octanol–water partition coefficient (Wildman–Crippen LogP) is 4.17. The van der Waals surface area contributed by atoms with Crippen molar-refractivity contribution in [2.75, 3.05) is 12.0 Å². The molecule has 1 saturated heterocycles. The average Bonchev–Trinajstić information content (AvgIpc) is 3.04. The molecule has 3 aromatic rings. The van der Waals surface area contributed by atoms with Gasteiger partial charge in [0.2, 0.25) is 0 Å². The third-order valence-electron chi connectivity index (χ3n) is 5.08. The van der Waals surface area contributed by atoms with E-state index in [2.05, 4.69) is 0 Å². The van der Waals surface area contributed by atoms with Crippen molar-refractivity contribution in [3.05, 3.63) is 95.3 Å². The zero-order valence-electron chi connectivity index (χ0n) is 16.4. The fraction of sp³-hybridized carbons (Fsp3) is 0.0833. The number of amides is 1. The highest BCUT2D eigenvalue weighted by molar-refractivity contribution is 6.51. The minimum Gasteiger partial charge on any atom is -0.508 e. The van der Waals surface area contributed by atoms with E-state index in [-0.39, 0.29) is 22.8 Å². The molecular weight excluding hydrogens is 401 g/mol. The lowest BCUT2D eigenvalue weighted by Crippen LogP contribution is -2.29. The number of anilines is 1. The summed E-state index contributed by atoms with van der Waals surface area (Å²) in [5.41, 5.74) is 0.837. The molecule has 1 aliphatic heterocycles. The van der Waals surface area contributed by atoms with E-state index in [0.717, 1.165) is 0 Å². The van der Waals surface area contributed by atoms with Crippen LogP contribution in [-0.2, 0) is 9.59 Å². The molecule has 1 heterocycles. The monoisotopic (exact) mass is 419 g/mol. The number of Topliss-reactive ketones (excluding diaryl/α,β-unsaturated/α-hetero) is 1. The number of carbonyl (C=O) groups excluding carboxylic acids is 2. The van der Waals surface area contributed by atoms with E-state index in [9.17, 15) is 24.2 Å². The van der Waals surface area contributed by atoms with Gasteiger partial charge in [-0.25, -0.2) is 4.39 Å². The summed E-state index contributed by atoms with van der Waals surface area (Å²) in [4.78, 5) is 27.2. The van der Waals surface area contributed by atoms with Gasteiger partial charge >= 0.3 is 0 Å². The molecule has 0 spiro atoms. The van der Waals surface area contributed by atoms with Gasteiger partial charge in [-0.3, -0.25) is 14.5 Å². The molecular formula is C24H18FNO5. The summed E-state index contributed by atoms with van der Waals surface area (Å²) in [5.74, 6) is -2.24. The molecule has 0 bridgehead atoms. The van der Waals surface area contributed by atoms with Crippen molar-refractivity contribution in [3.8, 4) is 11.5 Å². The van der Waals surface area contributed by atoms with E-state index in [0.29, 0.717) is 16.9 Å². The third-order valence-corrected chi connectivity index (χ3v) is 5.08. The Kier molecular flexibility index (Phi) is 5.17. The SMILES string of the molecule is COc1cccc(/C(O)=C2/C(=O)C(=O)N(c3ccc(F)cc3)C2c2cccc(O)c2)c1. The fourth-order valence-electron chi connectivity index (χ4n) is 3.64. The Hall–Kier alpha value is -4.13. The van der Waals surface area contributed by atoms with E-state index in [1.54, 1.807) is 36.4 Å². The van der Waals surface area contributed by atoms with Gasteiger partial charge in [-0.15, -0.1) is 0 Å². The molecule has 1 amide bonds. The number of hydrogen-bond donors (Lipinski definition) is 2. The molecule has 7 heteroatoms. The van der Waals surface area contributed by atoms with Gasteiger partial charge in [0.15, 0.2) is 0 Å². The number of aliphatic hydroxyl groups excluding tert-OH is 1. The predicted molar refractivity (Wildman–Crippen MR) is 112 cm³/mol. The minimum atomic E-state index is -1.02. The number of halogens is 1. The molecule has 0 aromatic heterocycles. The first-order valence-corrected chi connectivity index (χ1v) is 9.40. The van der Waals surface area contributed by atoms with Crippen molar-refractivity contribution >= 4 is 23.1 Å². The number of carbonyl (C=O) groups is 2. The molecule has 3 aromatic carbocycles. The van der Waals surface area contributed by atoms with Gasteiger partial charge < -0.3 is 14.9 Å². The van der Waals surface area contributed by atoms with Crippen LogP contribution in [0.3, 0.4) is 0 Å². The summed E-state index contributed by atoms with van der Waals surface area (Å²) in [7, 11) is 1.47. The average molecular weight is 419 g/mol. The van der Waals surface area contributed by atoms with Crippen molar-refractivity contribution in [3.63, 3.8) is 0 Å². The lowest BCUT2D eigenvalue weighted by molar-refractivity contribution is -0.132. The Labute approximate surface area is 177 Å². The quantitative estimate of drug-likeness (QED) is 0.377. The number of hydrogen-bond acceptors (Lipinski definition) is 5. The van der Waals surface area contributed by atoms with Crippen LogP contribution in [0, 0.1) is 5.82 Å². The number of aromatic hydroxyl groups is 1. The first-order chi connectivity index (χ1) is 14.9. The highest BCUT2D eigenvalue weighted by Gasteiger charge is 2.47. The lowest BCUT2D eigenvalue weighted by Gasteiger charge is -2.25. The molecule has 2 N–H and O–H groups in total. The van der Waals surface area contributed by atoms with E-state index in [1.165, 1.54) is 48.4 Å². The van der Waals surface area contributed by atoms with Crippen LogP contribution in [0.4, 0.5) is 10.1 Å². The molecule has 156 valence electrons. The number of aliphatic hydroxyl groups is 1. The summed E-state index contributed by atoms with van der Waals surface area (Å²) in [6.07, 6.45) is 0. The number of ether oxygens (including phenoxy) is 1. The molecule has 0 radical (unpaired) electrons. The van der Waals surface area contributed by atoms with Gasteiger partial charge in [0.1, 0.15) is 23.1 Å². The normalized spacial score (nSPS) is 17.7. The van der Waals surface area contributed by atoms with Crippen molar-refractivity contribution in [2.24, 2.45) is 0 Å². The van der Waals surface area contributed by atoms with Gasteiger partial charge in [-0.2, -0.15) is 0 Å². The molecule has 4 rings (SSSR count). The van der Waals surface area contributed by atoms with Gasteiger partial charge in [0, 0.05) is 11.3 Å². The van der Waals surface area contributed by atoms with Crippen LogP contribution in [0.1, 0.15) is 17.2 Å². The molecule has 1 fully saturated rings. The number of phenolic OH excluding ortho intramolecular Hbond substituents is 1. The highest BCUT2D eigenvalue weighted by Crippen LogP contribution is 2.42. The van der Waals surface area contributed by atoms with E-state index in [4.69, 9.17) is 4.74 Å². The van der Waals surface area contributed by atoms with E-state index < -0.39 is 23.5 Å². The second kappa shape index (κ2) is 7.95. The van der Waals surface area contributed by atoms with Crippen LogP contribution >= 0.6 is 0 Å². The zero-order chi connectivity index (χ0) is 22.1. The third kappa shape index (κ3) is 3.61. The smallest absolute Gasteiger partial charge is 0.300 e. The number of methoxy groups -OCH3 is 1. The Morgan fingerprint density at radius 2 is 1.71 bits per heavy atom. The number of phenols is 1. The Morgan fingerprint density at radius 1 is 1.00 bits per heavy atom. The number of nitrogens with zero attached hydrogens (tertiary/aromatic N) is 1. The first-order valence-electron chi connectivity index (χ1n) is 9.40. The minimum absolute atomic E-state index is 0.0661. The van der Waals surface area contributed by atoms with Crippen LogP contribution in [0.2, 0.25) is 0 Å². The molecule has 1 aliphatic rings. The number of rotatable bonds is 4. The summed E-state index contributed by atoms with van der Waals surface area (Å²) in [6.45, 7) is 0. The van der Waals surface area contributed by atoms with Crippen molar-refractivity contribution in [1.29, 1.82) is 0 Å². The summed E-state index contributed by atoms with van der Waals surface area (Å²) >= 11 is 0. The Bertz CT molecular complexity index is 1200. The van der Waals surface area contributed by atoms with E-state index in [1.807, 2.05) is 0 Å². The van der Waals surface area contributed by atoms with Crippen molar-refractivity contribution < 1.29 is 28.9 Å². The number of benzene rings is 3. The summed E-state index contributed by atoms with van der Waals surface area (Å²) in [6, 6.07) is 16.6. The van der Waals surface area contributed by atoms with Crippen LogP contribution in [0.15, 0.2) is 78.4 Å². The largest absolute Gasteiger partial charge is 0.508 e. The molecule has 0 saturated carbocycles. The van der Waals surface area contributed by atoms with Crippen LogP contribution in [0.25, 0.3) is 5.76 Å². The second-order valence-electron chi connectivity index (χ2n) is 6.97. The maximum absolute atomic E-state index is 13.5. The molecule has 6 nitrogen and oxygen atoms in total. The van der Waals surface area contributed by atoms with Crippen LogP contribution in [-0.4, -0.2) is 29.0 Å². The second-order valence-corrected chi connectivity index (χ2v) is 6.97. The van der Waals surface area contributed by atoms with Crippen molar-refractivity contribution in [2.45, 2.75) is 6.04 Å². The lowest BCUT2D eigenvalue weighted by atomic mass is 9.95.